The smallest absolute Gasteiger partial charge is 0.273 e. The molecule has 1 atom stereocenters. The van der Waals surface area contributed by atoms with E-state index in [2.05, 4.69) is 38.3 Å². The lowest BCUT2D eigenvalue weighted by atomic mass is 10.1. The lowest BCUT2D eigenvalue weighted by Crippen LogP contribution is -2.31. The normalized spacial score (nSPS) is 16.5. The number of rotatable bonds is 5. The van der Waals surface area contributed by atoms with Gasteiger partial charge in [-0.3, -0.25) is 14.9 Å². The third-order valence-corrected chi connectivity index (χ3v) is 5.25. The van der Waals surface area contributed by atoms with Gasteiger partial charge in [0.15, 0.2) is 0 Å². The average Bonchev–Trinajstić information content (AvgIpc) is 3.08. The van der Waals surface area contributed by atoms with Gasteiger partial charge < -0.3 is 10.2 Å². The van der Waals surface area contributed by atoms with Crippen molar-refractivity contribution in [3.8, 4) is 0 Å². The number of nitrogens with zero attached hydrogens (tertiary/aromatic N) is 2. The second kappa shape index (κ2) is 7.86. The van der Waals surface area contributed by atoms with Gasteiger partial charge in [-0.25, -0.2) is 0 Å². The average molecular weight is 418 g/mol. The molecule has 1 heterocycles. The van der Waals surface area contributed by atoms with Crippen LogP contribution in [0.1, 0.15) is 22.3 Å². The molecule has 0 aliphatic carbocycles. The van der Waals surface area contributed by atoms with E-state index in [0.29, 0.717) is 23.6 Å². The largest absolute Gasteiger partial charge is 0.371 e. The first-order valence-corrected chi connectivity index (χ1v) is 9.27. The number of nitrogens with one attached hydrogen (secondary N) is 1. The fourth-order valence-electron chi connectivity index (χ4n) is 3.31. The summed E-state index contributed by atoms with van der Waals surface area (Å²) < 4.78 is 1.05. The van der Waals surface area contributed by atoms with Crippen LogP contribution in [0.4, 0.5) is 11.4 Å². The Morgan fingerprint density at radius 2 is 2.12 bits per heavy atom. The number of hydrogen-bond donors (Lipinski definition) is 1. The Bertz CT molecular complexity index is 841. The quantitative estimate of drug-likeness (QED) is 0.590. The summed E-state index contributed by atoms with van der Waals surface area (Å²) in [6.45, 7) is 4.00. The predicted molar refractivity (Wildman–Crippen MR) is 105 cm³/mol. The van der Waals surface area contributed by atoms with Crippen LogP contribution in [0, 0.1) is 23.0 Å². The molecule has 0 bridgehead atoms. The van der Waals surface area contributed by atoms with Crippen molar-refractivity contribution in [2.45, 2.75) is 13.3 Å². The summed E-state index contributed by atoms with van der Waals surface area (Å²) in [4.78, 5) is 25.3. The van der Waals surface area contributed by atoms with Crippen molar-refractivity contribution in [2.75, 3.05) is 24.5 Å². The van der Waals surface area contributed by atoms with Crippen molar-refractivity contribution >= 4 is 33.2 Å². The summed E-state index contributed by atoms with van der Waals surface area (Å²) in [7, 11) is 0. The van der Waals surface area contributed by atoms with E-state index in [1.54, 1.807) is 19.1 Å². The Kier molecular flexibility index (Phi) is 5.56. The van der Waals surface area contributed by atoms with Gasteiger partial charge in [0.05, 0.1) is 4.92 Å². The summed E-state index contributed by atoms with van der Waals surface area (Å²) in [6.07, 6.45) is 1.00. The van der Waals surface area contributed by atoms with Crippen LogP contribution in [0.15, 0.2) is 46.9 Å². The zero-order valence-electron chi connectivity index (χ0n) is 14.4. The van der Waals surface area contributed by atoms with Gasteiger partial charge in [0.2, 0.25) is 0 Å². The standard InChI is InChI=1S/C19H20BrN3O3/c1-13-17(6-3-7-18(13)23(25)26)19(24)21-11-14-8-9-22(12-14)16-5-2-4-15(20)10-16/h2-7,10,14H,8-9,11-12H2,1H3,(H,21,24). The Balaban J connectivity index is 1.59. The molecular formula is C19H20BrN3O3. The fourth-order valence-corrected chi connectivity index (χ4v) is 3.69. The maximum atomic E-state index is 12.4. The lowest BCUT2D eigenvalue weighted by Gasteiger charge is -2.19. The maximum Gasteiger partial charge on any atom is 0.273 e. The minimum atomic E-state index is -0.459. The predicted octanol–water partition coefficient (Wildman–Crippen LogP) is 3.92. The van der Waals surface area contributed by atoms with Gasteiger partial charge in [-0.15, -0.1) is 0 Å². The van der Waals surface area contributed by atoms with E-state index in [9.17, 15) is 14.9 Å². The molecule has 0 radical (unpaired) electrons. The molecule has 136 valence electrons. The Hall–Kier alpha value is -2.41. The first kappa shape index (κ1) is 18.4. The van der Waals surface area contributed by atoms with E-state index >= 15 is 0 Å². The molecule has 0 aromatic heterocycles. The Morgan fingerprint density at radius 1 is 1.35 bits per heavy atom. The van der Waals surface area contributed by atoms with Crippen molar-refractivity contribution in [1.29, 1.82) is 0 Å². The number of nitro groups is 1. The van der Waals surface area contributed by atoms with Gasteiger partial charge in [-0.05, 0) is 43.5 Å². The zero-order chi connectivity index (χ0) is 18.7. The monoisotopic (exact) mass is 417 g/mol. The van der Waals surface area contributed by atoms with E-state index in [0.717, 1.165) is 24.0 Å². The molecule has 2 aromatic rings. The number of carbonyl (C=O) groups is 1. The minimum absolute atomic E-state index is 0.0284. The fraction of sp³-hybridized carbons (Fsp3) is 0.316. The van der Waals surface area contributed by atoms with E-state index in [-0.39, 0.29) is 11.6 Å². The molecule has 3 rings (SSSR count). The number of carbonyl (C=O) groups excluding carboxylic acids is 1. The van der Waals surface area contributed by atoms with Gasteiger partial charge in [0, 0.05) is 47.0 Å². The highest BCUT2D eigenvalue weighted by Gasteiger charge is 2.24. The molecule has 1 fully saturated rings. The number of halogens is 1. The molecule has 2 aromatic carbocycles. The van der Waals surface area contributed by atoms with Crippen molar-refractivity contribution < 1.29 is 9.72 Å². The number of anilines is 1. The zero-order valence-corrected chi connectivity index (χ0v) is 16.0. The summed E-state index contributed by atoms with van der Waals surface area (Å²) in [6, 6.07) is 12.8. The summed E-state index contributed by atoms with van der Waals surface area (Å²) >= 11 is 3.49. The number of benzene rings is 2. The second-order valence-corrected chi connectivity index (χ2v) is 7.41. The summed E-state index contributed by atoms with van der Waals surface area (Å²) in [5.41, 5.74) is 1.90. The summed E-state index contributed by atoms with van der Waals surface area (Å²) in [5, 5.41) is 14.0. The highest BCUT2D eigenvalue weighted by Crippen LogP contribution is 2.26. The third-order valence-electron chi connectivity index (χ3n) is 4.76. The second-order valence-electron chi connectivity index (χ2n) is 6.50. The van der Waals surface area contributed by atoms with Crippen LogP contribution in [-0.4, -0.2) is 30.5 Å². The molecule has 1 aliphatic rings. The molecule has 1 amide bonds. The van der Waals surface area contributed by atoms with Gasteiger partial charge >= 0.3 is 0 Å². The van der Waals surface area contributed by atoms with Crippen molar-refractivity contribution in [2.24, 2.45) is 5.92 Å². The SMILES string of the molecule is Cc1c(C(=O)NCC2CCN(c3cccc(Br)c3)C2)cccc1[N+](=O)[O-]. The topological polar surface area (TPSA) is 75.5 Å². The molecule has 1 aliphatic heterocycles. The molecule has 1 N–H and O–H groups in total. The molecule has 26 heavy (non-hydrogen) atoms. The van der Waals surface area contributed by atoms with E-state index in [1.165, 1.54) is 11.8 Å². The van der Waals surface area contributed by atoms with Gasteiger partial charge in [-0.1, -0.05) is 28.1 Å². The molecule has 0 saturated carbocycles. The van der Waals surface area contributed by atoms with E-state index < -0.39 is 4.92 Å². The molecule has 6 nitrogen and oxygen atoms in total. The van der Waals surface area contributed by atoms with E-state index in [1.807, 2.05) is 12.1 Å². The Labute approximate surface area is 160 Å². The number of amides is 1. The molecule has 1 unspecified atom stereocenters. The van der Waals surface area contributed by atoms with Crippen molar-refractivity contribution in [3.63, 3.8) is 0 Å². The van der Waals surface area contributed by atoms with Crippen LogP contribution in [0.3, 0.4) is 0 Å². The maximum absolute atomic E-state index is 12.4. The van der Waals surface area contributed by atoms with Gasteiger partial charge in [0.25, 0.3) is 11.6 Å². The van der Waals surface area contributed by atoms with Crippen LogP contribution in [-0.2, 0) is 0 Å². The van der Waals surface area contributed by atoms with E-state index in [4.69, 9.17) is 0 Å². The molecule has 1 saturated heterocycles. The van der Waals surface area contributed by atoms with Crippen LogP contribution in [0.5, 0.6) is 0 Å². The Morgan fingerprint density at radius 3 is 2.85 bits per heavy atom. The third kappa shape index (κ3) is 4.04. The van der Waals surface area contributed by atoms with Crippen LogP contribution in [0.2, 0.25) is 0 Å². The van der Waals surface area contributed by atoms with Crippen LogP contribution in [0.25, 0.3) is 0 Å². The summed E-state index contributed by atoms with van der Waals surface area (Å²) in [5.74, 6) is 0.101. The first-order chi connectivity index (χ1) is 12.5. The highest BCUT2D eigenvalue weighted by atomic mass is 79.9. The van der Waals surface area contributed by atoms with Crippen molar-refractivity contribution in [3.05, 3.63) is 68.2 Å². The first-order valence-electron chi connectivity index (χ1n) is 8.48. The number of hydrogen-bond acceptors (Lipinski definition) is 4. The highest BCUT2D eigenvalue weighted by molar-refractivity contribution is 9.10. The minimum Gasteiger partial charge on any atom is -0.371 e. The lowest BCUT2D eigenvalue weighted by molar-refractivity contribution is -0.385. The van der Waals surface area contributed by atoms with Crippen LogP contribution >= 0.6 is 15.9 Å². The van der Waals surface area contributed by atoms with Crippen molar-refractivity contribution in [1.82, 2.24) is 5.32 Å². The van der Waals surface area contributed by atoms with Gasteiger partial charge in [0.1, 0.15) is 0 Å². The van der Waals surface area contributed by atoms with Gasteiger partial charge in [-0.2, -0.15) is 0 Å². The number of nitro benzene ring substituents is 1. The molecule has 7 heteroatoms. The van der Waals surface area contributed by atoms with Crippen LogP contribution < -0.4 is 10.2 Å². The molecular weight excluding hydrogens is 398 g/mol. The molecule has 0 spiro atoms.